The molecule has 3 rings (SSSR count). The summed E-state index contributed by atoms with van der Waals surface area (Å²) in [6.07, 6.45) is 8.71. The van der Waals surface area contributed by atoms with Gasteiger partial charge in [-0.05, 0) is 62.4 Å². The van der Waals surface area contributed by atoms with Crippen LogP contribution in [0.3, 0.4) is 0 Å². The van der Waals surface area contributed by atoms with Gasteiger partial charge in [0, 0.05) is 6.42 Å². The van der Waals surface area contributed by atoms with E-state index in [9.17, 15) is 9.59 Å². The molecule has 21 heavy (non-hydrogen) atoms. The van der Waals surface area contributed by atoms with Crippen LogP contribution in [-0.4, -0.2) is 18.9 Å². The molecule has 2 saturated carbocycles. The zero-order valence-corrected chi connectivity index (χ0v) is 13.4. The lowest BCUT2D eigenvalue weighted by Crippen LogP contribution is -2.54. The van der Waals surface area contributed by atoms with Crippen molar-refractivity contribution in [2.45, 2.75) is 58.8 Å². The lowest BCUT2D eigenvalue weighted by molar-refractivity contribution is -0.168. The van der Waals surface area contributed by atoms with Crippen molar-refractivity contribution in [3.63, 3.8) is 0 Å². The predicted octanol–water partition coefficient (Wildman–Crippen LogP) is 3.67. The fourth-order valence-corrected chi connectivity index (χ4v) is 5.62. The summed E-state index contributed by atoms with van der Waals surface area (Å²) in [5.41, 5.74) is 1.14. The number of carbonyl (C=O) groups excluding carboxylic acids is 2. The molecule has 0 aromatic carbocycles. The van der Waals surface area contributed by atoms with Crippen LogP contribution >= 0.6 is 0 Å². The van der Waals surface area contributed by atoms with Gasteiger partial charge in [-0.25, -0.2) is 0 Å². The second-order valence-corrected chi connectivity index (χ2v) is 7.64. The van der Waals surface area contributed by atoms with E-state index < -0.39 is 0 Å². The largest absolute Gasteiger partial charge is 0.469 e. The van der Waals surface area contributed by atoms with Crippen LogP contribution in [0.4, 0.5) is 0 Å². The number of methoxy groups -OCH3 is 1. The van der Waals surface area contributed by atoms with Gasteiger partial charge >= 0.3 is 5.97 Å². The first-order valence-electron chi connectivity index (χ1n) is 8.23. The molecular formula is C18H26O3. The summed E-state index contributed by atoms with van der Waals surface area (Å²) in [4.78, 5) is 24.1. The first-order valence-corrected chi connectivity index (χ1v) is 8.23. The van der Waals surface area contributed by atoms with Crippen LogP contribution in [0.25, 0.3) is 0 Å². The van der Waals surface area contributed by atoms with Crippen molar-refractivity contribution in [3.8, 4) is 0 Å². The molecule has 3 aliphatic rings. The quantitative estimate of drug-likeness (QED) is 0.692. The van der Waals surface area contributed by atoms with Crippen LogP contribution in [0, 0.1) is 22.7 Å². The molecule has 3 nitrogen and oxygen atoms in total. The minimum atomic E-state index is -0.352. The van der Waals surface area contributed by atoms with Gasteiger partial charge in [-0.2, -0.15) is 0 Å². The van der Waals surface area contributed by atoms with Gasteiger partial charge in [0.15, 0.2) is 5.78 Å². The highest BCUT2D eigenvalue weighted by Crippen LogP contribution is 2.62. The lowest BCUT2D eigenvalue weighted by atomic mass is 9.46. The highest BCUT2D eigenvalue weighted by molar-refractivity contribution is 5.91. The van der Waals surface area contributed by atoms with Gasteiger partial charge < -0.3 is 4.74 Å². The number of rotatable bonds is 1. The van der Waals surface area contributed by atoms with Crippen LogP contribution in [0.1, 0.15) is 58.8 Å². The molecule has 3 heteroatoms. The topological polar surface area (TPSA) is 43.4 Å². The van der Waals surface area contributed by atoms with Crippen LogP contribution in [-0.2, 0) is 14.3 Å². The molecule has 0 amide bonds. The Bertz CT molecular complexity index is 507. The number of carbonyl (C=O) groups is 2. The molecule has 0 bridgehead atoms. The van der Waals surface area contributed by atoms with Crippen LogP contribution in [0.2, 0.25) is 0 Å². The number of ether oxygens (including phenoxy) is 1. The molecule has 0 aromatic heterocycles. The standard InChI is InChI=1S/C18H26O3/c1-17-9-4-10-18(2,16(20)21-3)15(17)8-5-12-11-13(19)6-7-14(12)17/h11,14-15H,4-10H2,1-3H3. The van der Waals surface area contributed by atoms with E-state index >= 15 is 0 Å². The minimum absolute atomic E-state index is 0.0438. The molecule has 0 heterocycles. The average Bonchev–Trinajstić information content (AvgIpc) is 2.45. The first-order chi connectivity index (χ1) is 9.91. The molecule has 4 atom stereocenters. The van der Waals surface area contributed by atoms with Crippen molar-refractivity contribution in [2.24, 2.45) is 22.7 Å². The molecule has 0 aromatic rings. The number of esters is 1. The highest BCUT2D eigenvalue weighted by atomic mass is 16.5. The van der Waals surface area contributed by atoms with Crippen LogP contribution < -0.4 is 0 Å². The summed E-state index contributed by atoms with van der Waals surface area (Å²) in [5.74, 6) is 1.10. The van der Waals surface area contributed by atoms with E-state index in [1.165, 1.54) is 19.1 Å². The van der Waals surface area contributed by atoms with Gasteiger partial charge in [-0.3, -0.25) is 9.59 Å². The Morgan fingerprint density at radius 3 is 2.71 bits per heavy atom. The van der Waals surface area contributed by atoms with Crippen molar-refractivity contribution < 1.29 is 14.3 Å². The summed E-state index contributed by atoms with van der Waals surface area (Å²) in [7, 11) is 1.51. The maximum atomic E-state index is 12.4. The van der Waals surface area contributed by atoms with Gasteiger partial charge in [-0.15, -0.1) is 0 Å². The maximum Gasteiger partial charge on any atom is 0.311 e. The van der Waals surface area contributed by atoms with Gasteiger partial charge in [0.25, 0.3) is 0 Å². The molecule has 3 aliphatic carbocycles. The molecular weight excluding hydrogens is 264 g/mol. The normalized spacial score (nSPS) is 42.6. The van der Waals surface area contributed by atoms with E-state index in [4.69, 9.17) is 4.74 Å². The van der Waals surface area contributed by atoms with E-state index in [0.29, 0.717) is 18.3 Å². The molecule has 0 N–H and O–H groups in total. The summed E-state index contributed by atoms with van der Waals surface area (Å²) in [6, 6.07) is 0. The Labute approximate surface area is 127 Å². The van der Waals surface area contributed by atoms with Gasteiger partial charge in [-0.1, -0.05) is 18.9 Å². The average molecular weight is 290 g/mol. The fraction of sp³-hybridized carbons (Fsp3) is 0.778. The summed E-state index contributed by atoms with van der Waals surface area (Å²) in [6.45, 7) is 4.45. The second-order valence-electron chi connectivity index (χ2n) is 7.64. The Kier molecular flexibility index (Phi) is 3.50. The monoisotopic (exact) mass is 290 g/mol. The van der Waals surface area contributed by atoms with Gasteiger partial charge in [0.1, 0.15) is 0 Å². The molecule has 116 valence electrons. The van der Waals surface area contributed by atoms with Crippen molar-refractivity contribution >= 4 is 11.8 Å². The van der Waals surface area contributed by atoms with E-state index in [2.05, 4.69) is 13.8 Å². The minimum Gasteiger partial charge on any atom is -0.469 e. The molecule has 0 radical (unpaired) electrons. The first kappa shape index (κ1) is 14.8. The molecule has 0 saturated heterocycles. The zero-order chi connectivity index (χ0) is 15.3. The zero-order valence-electron chi connectivity index (χ0n) is 13.4. The van der Waals surface area contributed by atoms with Crippen molar-refractivity contribution in [1.29, 1.82) is 0 Å². The third-order valence-corrected chi connectivity index (χ3v) is 6.62. The van der Waals surface area contributed by atoms with E-state index in [-0.39, 0.29) is 22.6 Å². The van der Waals surface area contributed by atoms with Crippen molar-refractivity contribution in [2.75, 3.05) is 7.11 Å². The van der Waals surface area contributed by atoms with Gasteiger partial charge in [0.05, 0.1) is 12.5 Å². The third kappa shape index (κ3) is 2.08. The van der Waals surface area contributed by atoms with E-state index in [0.717, 1.165) is 32.1 Å². The SMILES string of the molecule is COC(=O)C1(C)CCCC2(C)C3CCC(=O)C=C3CCC12. The molecule has 2 fully saturated rings. The Hall–Kier alpha value is -1.12. The Morgan fingerprint density at radius 1 is 1.24 bits per heavy atom. The second kappa shape index (κ2) is 4.96. The van der Waals surface area contributed by atoms with Gasteiger partial charge in [0.2, 0.25) is 0 Å². The number of allylic oxidation sites excluding steroid dienone is 2. The van der Waals surface area contributed by atoms with Crippen LogP contribution in [0.5, 0.6) is 0 Å². The fourth-order valence-electron chi connectivity index (χ4n) is 5.62. The predicted molar refractivity (Wildman–Crippen MR) is 80.6 cm³/mol. The highest BCUT2D eigenvalue weighted by Gasteiger charge is 2.58. The molecule has 0 aliphatic heterocycles. The summed E-state index contributed by atoms with van der Waals surface area (Å²) >= 11 is 0. The molecule has 4 unspecified atom stereocenters. The van der Waals surface area contributed by atoms with E-state index in [1.807, 2.05) is 6.08 Å². The smallest absolute Gasteiger partial charge is 0.311 e. The number of hydrogen-bond acceptors (Lipinski definition) is 3. The number of ketones is 1. The number of fused-ring (bicyclic) bond motifs is 3. The summed E-state index contributed by atoms with van der Waals surface area (Å²) in [5, 5.41) is 0. The van der Waals surface area contributed by atoms with Crippen LogP contribution in [0.15, 0.2) is 11.6 Å². The lowest BCUT2D eigenvalue weighted by Gasteiger charge is -2.58. The molecule has 0 spiro atoms. The summed E-state index contributed by atoms with van der Waals surface area (Å²) < 4.78 is 5.13. The maximum absolute atomic E-state index is 12.4. The third-order valence-electron chi connectivity index (χ3n) is 6.62. The Balaban J connectivity index is 1.99. The van der Waals surface area contributed by atoms with Crippen molar-refractivity contribution in [3.05, 3.63) is 11.6 Å². The van der Waals surface area contributed by atoms with E-state index in [1.54, 1.807) is 0 Å². The van der Waals surface area contributed by atoms with Crippen molar-refractivity contribution in [1.82, 2.24) is 0 Å². The Morgan fingerprint density at radius 2 is 2.00 bits per heavy atom. The number of hydrogen-bond donors (Lipinski definition) is 0.